The van der Waals surface area contributed by atoms with Crippen LogP contribution in [0.25, 0.3) is 0 Å². The lowest BCUT2D eigenvalue weighted by atomic mass is 10.2. The Labute approximate surface area is 151 Å². The minimum Gasteiger partial charge on any atom is -0.466 e. The summed E-state index contributed by atoms with van der Waals surface area (Å²) >= 11 is 9.29. The first-order valence-corrected chi connectivity index (χ1v) is 8.11. The molecule has 1 aliphatic rings. The second-order valence-electron chi connectivity index (χ2n) is 5.07. The Morgan fingerprint density at radius 1 is 1.58 bits per heavy atom. The Hall–Kier alpha value is -1.64. The monoisotopic (exact) mass is 420 g/mol. The summed E-state index contributed by atoms with van der Waals surface area (Å²) in [7, 11) is 1.21. The third kappa shape index (κ3) is 3.40. The fraction of sp³-hybridized carbons (Fsp3) is 0.333. The van der Waals surface area contributed by atoms with Gasteiger partial charge in [-0.25, -0.2) is 9.18 Å². The molecular weight excluding hydrogens is 407 g/mol. The first kappa shape index (κ1) is 18.7. The molecular formula is C15H15BrClFN2O4. The van der Waals surface area contributed by atoms with E-state index in [9.17, 15) is 14.0 Å². The molecule has 0 aliphatic carbocycles. The number of aliphatic hydroxyl groups is 1. The number of ether oxygens (including phenoxy) is 1. The molecule has 1 aromatic carbocycles. The van der Waals surface area contributed by atoms with Crippen LogP contribution in [0.1, 0.15) is 5.56 Å². The van der Waals surface area contributed by atoms with E-state index in [1.807, 2.05) is 0 Å². The standard InChI is InChI=1S/C15H15BrClFN2O4/c1-7-10(18)5-9(17)13(11(7)16)19-12-8(15(23)24-2)6-20(3-4-21)14(12)22/h5,19,21H,3-4,6H2,1-2H3. The molecule has 0 saturated carbocycles. The molecule has 1 amide bonds. The molecule has 24 heavy (non-hydrogen) atoms. The number of benzene rings is 1. The smallest absolute Gasteiger partial charge is 0.337 e. The van der Waals surface area contributed by atoms with Gasteiger partial charge in [0.25, 0.3) is 5.91 Å². The molecule has 2 rings (SSSR count). The van der Waals surface area contributed by atoms with Gasteiger partial charge in [0.05, 0.1) is 36.5 Å². The van der Waals surface area contributed by atoms with E-state index in [1.54, 1.807) is 6.92 Å². The molecule has 1 aromatic rings. The van der Waals surface area contributed by atoms with Crippen molar-refractivity contribution in [2.75, 3.05) is 32.1 Å². The zero-order valence-electron chi connectivity index (χ0n) is 13.0. The Morgan fingerprint density at radius 2 is 2.25 bits per heavy atom. The fourth-order valence-electron chi connectivity index (χ4n) is 2.28. The topological polar surface area (TPSA) is 78.9 Å². The highest BCUT2D eigenvalue weighted by molar-refractivity contribution is 9.10. The predicted octanol–water partition coefficient (Wildman–Crippen LogP) is 2.22. The van der Waals surface area contributed by atoms with E-state index >= 15 is 0 Å². The highest BCUT2D eigenvalue weighted by atomic mass is 79.9. The van der Waals surface area contributed by atoms with Crippen LogP contribution in [0.3, 0.4) is 0 Å². The molecule has 0 saturated heterocycles. The maximum absolute atomic E-state index is 13.7. The number of hydrogen-bond donors (Lipinski definition) is 2. The predicted molar refractivity (Wildman–Crippen MR) is 90.2 cm³/mol. The molecule has 1 aliphatic heterocycles. The summed E-state index contributed by atoms with van der Waals surface area (Å²) in [6, 6.07) is 1.12. The molecule has 0 unspecified atom stereocenters. The number of aliphatic hydroxyl groups excluding tert-OH is 1. The van der Waals surface area contributed by atoms with Crippen LogP contribution in [-0.2, 0) is 14.3 Å². The normalized spacial score (nSPS) is 14.4. The molecule has 0 spiro atoms. The quantitative estimate of drug-likeness (QED) is 0.713. The number of anilines is 1. The lowest BCUT2D eigenvalue weighted by Gasteiger charge is -2.16. The van der Waals surface area contributed by atoms with Crippen LogP contribution in [-0.4, -0.2) is 48.7 Å². The zero-order valence-corrected chi connectivity index (χ0v) is 15.3. The number of β-amino-alcohol motifs (C(OH)–C–C–N with tert-alkyl or cyclic N) is 1. The second-order valence-corrected chi connectivity index (χ2v) is 6.27. The van der Waals surface area contributed by atoms with Gasteiger partial charge in [-0.2, -0.15) is 0 Å². The summed E-state index contributed by atoms with van der Waals surface area (Å²) in [6.07, 6.45) is 0. The average Bonchev–Trinajstić information content (AvgIpc) is 2.85. The van der Waals surface area contributed by atoms with Crippen LogP contribution >= 0.6 is 27.5 Å². The van der Waals surface area contributed by atoms with E-state index < -0.39 is 17.7 Å². The molecule has 1 heterocycles. The van der Waals surface area contributed by atoms with Gasteiger partial charge in [0.2, 0.25) is 0 Å². The number of esters is 1. The number of halogens is 3. The van der Waals surface area contributed by atoms with Gasteiger partial charge in [0.1, 0.15) is 11.5 Å². The van der Waals surface area contributed by atoms with Crippen LogP contribution in [0.5, 0.6) is 0 Å². The molecule has 0 radical (unpaired) electrons. The maximum atomic E-state index is 13.7. The van der Waals surface area contributed by atoms with Crippen molar-refractivity contribution in [1.29, 1.82) is 0 Å². The van der Waals surface area contributed by atoms with Gasteiger partial charge in [-0.15, -0.1) is 0 Å². The van der Waals surface area contributed by atoms with Crippen molar-refractivity contribution in [3.05, 3.63) is 38.2 Å². The van der Waals surface area contributed by atoms with Crippen molar-refractivity contribution in [3.63, 3.8) is 0 Å². The van der Waals surface area contributed by atoms with E-state index in [-0.39, 0.29) is 41.7 Å². The summed E-state index contributed by atoms with van der Waals surface area (Å²) in [5.74, 6) is -1.65. The van der Waals surface area contributed by atoms with Gasteiger partial charge in [-0.05, 0) is 28.9 Å². The average molecular weight is 422 g/mol. The number of amides is 1. The van der Waals surface area contributed by atoms with Gasteiger partial charge < -0.3 is 20.1 Å². The molecule has 0 aromatic heterocycles. The minimum atomic E-state index is -0.669. The molecule has 6 nitrogen and oxygen atoms in total. The summed E-state index contributed by atoms with van der Waals surface area (Å²) in [5, 5.41) is 11.9. The van der Waals surface area contributed by atoms with E-state index in [0.29, 0.717) is 10.0 Å². The summed E-state index contributed by atoms with van der Waals surface area (Å²) in [6.45, 7) is 1.38. The van der Waals surface area contributed by atoms with Gasteiger partial charge in [0.15, 0.2) is 0 Å². The van der Waals surface area contributed by atoms with Gasteiger partial charge >= 0.3 is 5.97 Å². The van der Waals surface area contributed by atoms with E-state index in [0.717, 1.165) is 6.07 Å². The Kier molecular flexibility index (Phi) is 5.84. The fourth-order valence-corrected chi connectivity index (χ4v) is 3.13. The highest BCUT2D eigenvalue weighted by Gasteiger charge is 2.35. The van der Waals surface area contributed by atoms with Crippen molar-refractivity contribution in [1.82, 2.24) is 4.90 Å². The summed E-state index contributed by atoms with van der Waals surface area (Å²) in [5.41, 5.74) is 0.677. The first-order valence-electron chi connectivity index (χ1n) is 6.94. The zero-order chi connectivity index (χ0) is 18.0. The third-order valence-corrected chi connectivity index (χ3v) is 4.89. The van der Waals surface area contributed by atoms with Crippen LogP contribution < -0.4 is 5.32 Å². The second kappa shape index (κ2) is 7.50. The van der Waals surface area contributed by atoms with Crippen molar-refractivity contribution in [2.45, 2.75) is 6.92 Å². The number of carbonyl (C=O) groups excluding carboxylic acids is 2. The van der Waals surface area contributed by atoms with Crippen LogP contribution in [0.2, 0.25) is 5.02 Å². The van der Waals surface area contributed by atoms with E-state index in [1.165, 1.54) is 12.0 Å². The third-order valence-electron chi connectivity index (χ3n) is 3.60. The Morgan fingerprint density at radius 3 is 2.83 bits per heavy atom. The molecule has 130 valence electrons. The van der Waals surface area contributed by atoms with Crippen LogP contribution in [0.4, 0.5) is 10.1 Å². The number of rotatable bonds is 5. The first-order chi connectivity index (χ1) is 11.3. The summed E-state index contributed by atoms with van der Waals surface area (Å²) < 4.78 is 18.7. The number of hydrogen-bond acceptors (Lipinski definition) is 5. The SMILES string of the molecule is COC(=O)C1=C(Nc2c(Cl)cc(F)c(C)c2Br)C(=O)N(CCO)C1. The van der Waals surface area contributed by atoms with Gasteiger partial charge in [-0.3, -0.25) is 4.79 Å². The van der Waals surface area contributed by atoms with Gasteiger partial charge in [-0.1, -0.05) is 11.6 Å². The number of nitrogens with zero attached hydrogens (tertiary/aromatic N) is 1. The summed E-state index contributed by atoms with van der Waals surface area (Å²) in [4.78, 5) is 25.7. The maximum Gasteiger partial charge on any atom is 0.337 e. The number of carbonyl (C=O) groups is 2. The van der Waals surface area contributed by atoms with Crippen molar-refractivity contribution >= 4 is 45.1 Å². The lowest BCUT2D eigenvalue weighted by Crippen LogP contribution is -2.31. The lowest BCUT2D eigenvalue weighted by molar-refractivity contribution is -0.136. The molecule has 2 N–H and O–H groups in total. The molecule has 0 bridgehead atoms. The van der Waals surface area contributed by atoms with Crippen LogP contribution in [0.15, 0.2) is 21.8 Å². The Bertz CT molecular complexity index is 739. The van der Waals surface area contributed by atoms with Crippen LogP contribution in [0, 0.1) is 12.7 Å². The van der Waals surface area contributed by atoms with Gasteiger partial charge in [0, 0.05) is 16.6 Å². The van der Waals surface area contributed by atoms with Crippen molar-refractivity contribution < 1.29 is 23.8 Å². The Balaban J connectivity index is 2.47. The number of nitrogens with one attached hydrogen (secondary N) is 1. The minimum absolute atomic E-state index is 0.00378. The highest BCUT2D eigenvalue weighted by Crippen LogP contribution is 2.37. The van der Waals surface area contributed by atoms with Crippen molar-refractivity contribution in [3.8, 4) is 0 Å². The largest absolute Gasteiger partial charge is 0.466 e. The molecule has 0 fully saturated rings. The van der Waals surface area contributed by atoms with E-state index in [4.69, 9.17) is 21.4 Å². The number of methoxy groups -OCH3 is 1. The molecule has 9 heteroatoms. The van der Waals surface area contributed by atoms with E-state index in [2.05, 4.69) is 21.2 Å². The molecule has 0 atom stereocenters. The van der Waals surface area contributed by atoms with Crippen molar-refractivity contribution in [2.24, 2.45) is 0 Å².